The summed E-state index contributed by atoms with van der Waals surface area (Å²) in [5.74, 6) is -0.425. The molecule has 0 aliphatic rings. The van der Waals surface area contributed by atoms with Gasteiger partial charge in [-0.05, 0) is 32.1 Å². The fourth-order valence-corrected chi connectivity index (χ4v) is 4.24. The normalized spacial score (nSPS) is 14.6. The number of unbranched alkanes of at least 4 members (excludes halogenated alkanes) is 11. The zero-order valence-electron chi connectivity index (χ0n) is 24.4. The second-order valence-electron chi connectivity index (χ2n) is 10.7. The van der Waals surface area contributed by atoms with Crippen LogP contribution >= 0.6 is 7.82 Å². The number of hydrogen-bond acceptors (Lipinski definition) is 7. The molecule has 0 saturated carbocycles. The molecule has 0 radical (unpaired) electrons. The van der Waals surface area contributed by atoms with Gasteiger partial charge >= 0.3 is 5.97 Å². The van der Waals surface area contributed by atoms with E-state index in [2.05, 4.69) is 19.1 Å². The molecule has 0 aromatic rings. The molecular weight excluding hydrogens is 493 g/mol. The lowest BCUT2D eigenvalue weighted by Gasteiger charge is -2.28. The minimum absolute atomic E-state index is 0.0239. The van der Waals surface area contributed by atoms with Gasteiger partial charge < -0.3 is 27.9 Å². The average molecular weight is 550 g/mol. The average Bonchev–Trinajstić information content (AvgIpc) is 2.83. The van der Waals surface area contributed by atoms with E-state index in [0.717, 1.165) is 12.8 Å². The zero-order valence-corrected chi connectivity index (χ0v) is 25.3. The van der Waals surface area contributed by atoms with Crippen molar-refractivity contribution in [1.29, 1.82) is 0 Å². The number of phosphoric acid groups is 1. The molecule has 37 heavy (non-hydrogen) atoms. The molecule has 220 valence electrons. The molecule has 2 unspecified atom stereocenters. The molecule has 0 saturated heterocycles. The number of rotatable bonds is 26. The Morgan fingerprint density at radius 2 is 1.38 bits per heavy atom. The number of carbonyl (C=O) groups excluding carboxylic acids is 1. The molecule has 8 nitrogen and oxygen atoms in total. The lowest BCUT2D eigenvalue weighted by Crippen LogP contribution is -2.37. The highest BCUT2D eigenvalue weighted by Crippen LogP contribution is 2.38. The maximum atomic E-state index is 12.0. The van der Waals surface area contributed by atoms with Gasteiger partial charge in [0.15, 0.2) is 0 Å². The molecule has 0 bridgehead atoms. The van der Waals surface area contributed by atoms with Crippen molar-refractivity contribution in [2.24, 2.45) is 0 Å². The van der Waals surface area contributed by atoms with Crippen LogP contribution in [0.25, 0.3) is 0 Å². The van der Waals surface area contributed by atoms with Crippen LogP contribution in [0.4, 0.5) is 0 Å². The fourth-order valence-electron chi connectivity index (χ4n) is 3.51. The molecule has 0 heterocycles. The van der Waals surface area contributed by atoms with Gasteiger partial charge in [-0.1, -0.05) is 77.4 Å². The van der Waals surface area contributed by atoms with Crippen molar-refractivity contribution in [3.05, 3.63) is 12.2 Å². The maximum Gasteiger partial charge on any atom is 0.305 e. The first kappa shape index (κ1) is 36.2. The van der Waals surface area contributed by atoms with Crippen LogP contribution in [-0.4, -0.2) is 70.7 Å². The van der Waals surface area contributed by atoms with Crippen molar-refractivity contribution < 1.29 is 37.3 Å². The minimum atomic E-state index is -4.47. The zero-order chi connectivity index (χ0) is 27.8. The van der Waals surface area contributed by atoms with Gasteiger partial charge in [-0.2, -0.15) is 0 Å². The Balaban J connectivity index is 3.90. The molecule has 0 fully saturated rings. The fraction of sp³-hybridized carbons (Fsp3) is 0.893. The summed E-state index contributed by atoms with van der Waals surface area (Å²) in [7, 11) is 1.34. The van der Waals surface area contributed by atoms with E-state index in [1.54, 1.807) is 6.92 Å². The van der Waals surface area contributed by atoms with Crippen molar-refractivity contribution in [2.45, 2.75) is 110 Å². The van der Waals surface area contributed by atoms with Crippen molar-refractivity contribution in [3.8, 4) is 0 Å². The first-order chi connectivity index (χ1) is 17.6. The maximum absolute atomic E-state index is 12.0. The van der Waals surface area contributed by atoms with E-state index < -0.39 is 19.9 Å². The number of phosphoric ester groups is 1. The van der Waals surface area contributed by atoms with Gasteiger partial charge in [0.25, 0.3) is 7.82 Å². The van der Waals surface area contributed by atoms with Gasteiger partial charge in [-0.3, -0.25) is 9.36 Å². The largest absolute Gasteiger partial charge is 0.756 e. The van der Waals surface area contributed by atoms with E-state index in [1.165, 1.54) is 70.6 Å². The third-order valence-corrected chi connectivity index (χ3v) is 6.84. The lowest BCUT2D eigenvalue weighted by molar-refractivity contribution is -0.870. The van der Waals surface area contributed by atoms with Crippen molar-refractivity contribution in [1.82, 2.24) is 0 Å². The summed E-state index contributed by atoms with van der Waals surface area (Å²) in [4.78, 5) is 23.7. The summed E-state index contributed by atoms with van der Waals surface area (Å²) in [6, 6.07) is 0. The van der Waals surface area contributed by atoms with Crippen molar-refractivity contribution in [3.63, 3.8) is 0 Å². The first-order valence-corrected chi connectivity index (χ1v) is 15.9. The van der Waals surface area contributed by atoms with Crippen LogP contribution in [0.3, 0.4) is 0 Å². The molecule has 0 aliphatic heterocycles. The summed E-state index contributed by atoms with van der Waals surface area (Å²) in [6.07, 6.45) is 20.1. The van der Waals surface area contributed by atoms with Crippen molar-refractivity contribution in [2.75, 3.05) is 54.1 Å². The molecule has 9 heteroatoms. The summed E-state index contributed by atoms with van der Waals surface area (Å²) in [5, 5.41) is 0. The number of likely N-dealkylation sites (N-methyl/N-ethyl adjacent to an activating group) is 1. The standard InChI is InChI=1S/C28H56NO7P/c1-6-8-9-10-11-12-13-14-15-16-17-18-19-20-21-23-33-25-27(36-28(30)7-2)26-35-37(31,32)34-24-22-29(3,4)5/h13-14,27H,6-12,15-26H2,1-5H3/b14-13-. The third kappa shape index (κ3) is 26.6. The first-order valence-electron chi connectivity index (χ1n) is 14.4. The van der Waals surface area contributed by atoms with Gasteiger partial charge in [0, 0.05) is 13.0 Å². The SMILES string of the molecule is CCCCCCC/C=C\CCCCCCCCOCC(COP(=O)([O-])OCC[N+](C)(C)C)OC(=O)CC. The van der Waals surface area contributed by atoms with Crippen LogP contribution in [0.5, 0.6) is 0 Å². The second kappa shape index (κ2) is 23.2. The van der Waals surface area contributed by atoms with Gasteiger partial charge in [0.2, 0.25) is 0 Å². The monoisotopic (exact) mass is 549 g/mol. The number of quaternary nitrogens is 1. The Morgan fingerprint density at radius 3 is 1.95 bits per heavy atom. The molecule has 0 aromatic heterocycles. The lowest BCUT2D eigenvalue weighted by atomic mass is 10.1. The number of allylic oxidation sites excluding steroid dienone is 2. The number of nitrogens with zero attached hydrogens (tertiary/aromatic N) is 1. The summed E-state index contributed by atoms with van der Waals surface area (Å²) < 4.78 is 33.3. The van der Waals surface area contributed by atoms with E-state index in [9.17, 15) is 14.3 Å². The predicted octanol–water partition coefficient (Wildman–Crippen LogP) is 6.18. The Labute approximate surface area is 227 Å². The van der Waals surface area contributed by atoms with E-state index in [-0.39, 0.29) is 26.2 Å². The number of esters is 1. The molecule has 2 atom stereocenters. The molecule has 0 aromatic carbocycles. The third-order valence-electron chi connectivity index (χ3n) is 5.87. The Hall–Kier alpha value is -0.760. The van der Waals surface area contributed by atoms with Gasteiger partial charge in [0.1, 0.15) is 19.3 Å². The highest BCUT2D eigenvalue weighted by molar-refractivity contribution is 7.45. The van der Waals surface area contributed by atoms with Gasteiger partial charge in [-0.15, -0.1) is 0 Å². The Bertz CT molecular complexity index is 622. The van der Waals surface area contributed by atoms with Crippen LogP contribution in [0, 0.1) is 0 Å². The summed E-state index contributed by atoms with van der Waals surface area (Å²) >= 11 is 0. The van der Waals surface area contributed by atoms with E-state index in [1.807, 2.05) is 21.1 Å². The minimum Gasteiger partial charge on any atom is -0.756 e. The molecule has 0 spiro atoms. The highest BCUT2D eigenvalue weighted by atomic mass is 31.2. The van der Waals surface area contributed by atoms with E-state index >= 15 is 0 Å². The van der Waals surface area contributed by atoms with Crippen LogP contribution in [0.2, 0.25) is 0 Å². The Kier molecular flexibility index (Phi) is 22.7. The molecule has 0 amide bonds. The van der Waals surface area contributed by atoms with Gasteiger partial charge in [-0.25, -0.2) is 0 Å². The Morgan fingerprint density at radius 1 is 0.811 bits per heavy atom. The molecule has 0 N–H and O–H groups in total. The number of ether oxygens (including phenoxy) is 2. The van der Waals surface area contributed by atoms with Crippen LogP contribution in [-0.2, 0) is 27.9 Å². The molecular formula is C28H56NO7P. The smallest absolute Gasteiger partial charge is 0.305 e. The second-order valence-corrected chi connectivity index (χ2v) is 12.1. The number of hydrogen-bond donors (Lipinski definition) is 0. The topological polar surface area (TPSA) is 94.1 Å². The highest BCUT2D eigenvalue weighted by Gasteiger charge is 2.19. The van der Waals surface area contributed by atoms with Gasteiger partial charge in [0.05, 0.1) is 34.4 Å². The molecule has 0 rings (SSSR count). The number of carbonyl (C=O) groups is 1. The van der Waals surface area contributed by atoms with E-state index in [4.69, 9.17) is 18.5 Å². The van der Waals surface area contributed by atoms with Crippen molar-refractivity contribution >= 4 is 13.8 Å². The van der Waals surface area contributed by atoms with E-state index in [0.29, 0.717) is 17.6 Å². The predicted molar refractivity (Wildman–Crippen MR) is 148 cm³/mol. The summed E-state index contributed by atoms with van der Waals surface area (Å²) in [5.41, 5.74) is 0. The van der Waals surface area contributed by atoms with Crippen LogP contribution in [0.15, 0.2) is 12.2 Å². The summed E-state index contributed by atoms with van der Waals surface area (Å²) in [6.45, 7) is 4.79. The van der Waals surface area contributed by atoms with Crippen LogP contribution in [0.1, 0.15) is 104 Å². The molecule has 0 aliphatic carbocycles. The quantitative estimate of drug-likeness (QED) is 0.0418. The van der Waals surface area contributed by atoms with Crippen LogP contribution < -0.4 is 4.89 Å².